The van der Waals surface area contributed by atoms with Crippen molar-refractivity contribution in [2.75, 3.05) is 97.4 Å². The fourth-order valence-electron chi connectivity index (χ4n) is 6.90. The smallest absolute Gasteiger partial charge is 0.414 e. The summed E-state index contributed by atoms with van der Waals surface area (Å²) in [5.74, 6) is -1.65. The standard InChI is InChI=1S/C16H17FN5O4.C14H15FN7O3.C13H12ClFN7O2.3Ac/c1-24-14-19-13(20-15(21-14)25-2)5-9-3-4-10(6-12(9)17)22-8-11(7-18)26-16(22)23;1-24-13-20-11(17)19-12(21-13)18-10-3-2-7(4-9(10)15)22-6-8(5-16)25-14(22)23;14-10-19-11(17)21-12(20-10)18-9-2-1-6(3-8(9)15)22-5-7(4-16)24-13(22)23;;;/h3-4,6,11,18H,5,7-8H2,1-2H3;2-4,8,16H,5-6H2,1H3,(H3,17,18,19,20,21);1-3,7,16H,4-5H2,(H3,17,18,19,20,21);;;/q3*-1;;;/t11-;8-;7-;;;/m000.../s1. The second-order valence-electron chi connectivity index (χ2n) is 15.5. The first-order valence-electron chi connectivity index (χ1n) is 21.8. The predicted octanol–water partition coefficient (Wildman–Crippen LogP) is 6.09. The minimum Gasteiger partial charge on any atom is -0.674 e. The summed E-state index contributed by atoms with van der Waals surface area (Å²) < 4.78 is 73.0. The van der Waals surface area contributed by atoms with Crippen molar-refractivity contribution in [3.8, 4) is 18.0 Å². The average Bonchev–Trinajstić information content (AvgIpc) is 4.10. The van der Waals surface area contributed by atoms with Gasteiger partial charge >= 0.3 is 36.3 Å². The molecule has 0 aliphatic carbocycles. The number of carbonyl (C=O) groups excluding carboxylic acids is 3. The molecule has 3 radical (unpaired) electrons. The van der Waals surface area contributed by atoms with Crippen LogP contribution in [0.5, 0.6) is 18.0 Å². The van der Waals surface area contributed by atoms with Crippen LogP contribution >= 0.6 is 11.6 Å². The molecule has 9 N–H and O–H groups in total. The molecule has 78 heavy (non-hydrogen) atoms. The van der Waals surface area contributed by atoms with E-state index in [9.17, 15) is 27.6 Å². The third kappa shape index (κ3) is 17.4. The number of cyclic esters (lactones) is 3. The molecule has 28 nitrogen and oxygen atoms in total. The molecule has 0 saturated carbocycles. The predicted molar refractivity (Wildman–Crippen MR) is 262 cm³/mol. The Kier molecular flexibility index (Phi) is 26.0. The molecular formula is C43H44Ac3ClF3N19O9-3. The molecule has 3 aliphatic heterocycles. The van der Waals surface area contributed by atoms with E-state index in [0.29, 0.717) is 22.6 Å². The molecule has 6 aromatic rings. The number of nitrogens with one attached hydrogen (secondary N) is 5. The number of anilines is 9. The molecule has 0 unspecified atom stereocenters. The second-order valence-corrected chi connectivity index (χ2v) is 15.8. The summed E-state index contributed by atoms with van der Waals surface area (Å²) in [6.45, 7) is 0.498. The summed E-state index contributed by atoms with van der Waals surface area (Å²) in [5, 5.41) is 5.19. The average molecular weight is 1740 g/mol. The van der Waals surface area contributed by atoms with Crippen molar-refractivity contribution >= 4 is 82.1 Å². The van der Waals surface area contributed by atoms with E-state index >= 15 is 0 Å². The summed E-state index contributed by atoms with van der Waals surface area (Å²) in [6, 6.07) is 12.8. The van der Waals surface area contributed by atoms with Crippen LogP contribution in [-0.4, -0.2) is 142 Å². The van der Waals surface area contributed by atoms with Gasteiger partial charge in [0.05, 0.1) is 69.4 Å². The maximum atomic E-state index is 14.5. The maximum Gasteiger partial charge on any atom is 0.414 e. The van der Waals surface area contributed by atoms with Crippen LogP contribution < -0.4 is 51.0 Å². The third-order valence-corrected chi connectivity index (χ3v) is 10.6. The van der Waals surface area contributed by atoms with E-state index in [1.165, 1.54) is 72.4 Å². The number of nitrogen functional groups attached to an aromatic ring is 2. The van der Waals surface area contributed by atoms with Gasteiger partial charge in [-0.3, -0.25) is 14.7 Å². The Morgan fingerprint density at radius 3 is 1.32 bits per heavy atom. The fourth-order valence-corrected chi connectivity index (χ4v) is 7.07. The molecule has 6 heterocycles. The largest absolute Gasteiger partial charge is 0.674 e. The van der Waals surface area contributed by atoms with E-state index in [2.05, 4.69) is 55.5 Å². The number of nitrogens with two attached hydrogens (primary N) is 2. The number of amides is 3. The summed E-state index contributed by atoms with van der Waals surface area (Å²) >= 11 is 5.66. The molecule has 3 fully saturated rings. The molecule has 0 spiro atoms. The summed E-state index contributed by atoms with van der Waals surface area (Å²) in [7, 11) is 4.19. The number of carbonyl (C=O) groups is 3. The Bertz CT molecular complexity index is 3020. The quantitative estimate of drug-likeness (QED) is 0.0845. The first-order valence-corrected chi connectivity index (χ1v) is 22.2. The number of halogens is 4. The minimum absolute atomic E-state index is 0. The van der Waals surface area contributed by atoms with Gasteiger partial charge in [-0.05, 0) is 65.7 Å². The Labute approximate surface area is 554 Å². The van der Waals surface area contributed by atoms with Crippen LogP contribution in [-0.2, 0) is 20.6 Å². The van der Waals surface area contributed by atoms with E-state index in [0.717, 1.165) is 0 Å². The van der Waals surface area contributed by atoms with Crippen LogP contribution in [0.25, 0.3) is 17.2 Å². The molecule has 405 valence electrons. The number of hydrogen-bond acceptors (Lipinski definition) is 22. The van der Waals surface area contributed by atoms with E-state index in [1.807, 2.05) is 0 Å². The Balaban J connectivity index is 0.000000248. The van der Waals surface area contributed by atoms with Gasteiger partial charge in [-0.2, -0.15) is 39.9 Å². The molecule has 9 rings (SSSR count). The Morgan fingerprint density at radius 2 is 0.949 bits per heavy atom. The zero-order chi connectivity index (χ0) is 53.9. The van der Waals surface area contributed by atoms with Gasteiger partial charge in [0.2, 0.25) is 29.1 Å². The van der Waals surface area contributed by atoms with E-state index in [-0.39, 0.29) is 242 Å². The van der Waals surface area contributed by atoms with Crippen molar-refractivity contribution in [2.45, 2.75) is 24.7 Å². The van der Waals surface area contributed by atoms with Crippen LogP contribution in [0.15, 0.2) is 54.6 Å². The van der Waals surface area contributed by atoms with Gasteiger partial charge < -0.3 is 67.7 Å². The molecule has 0 bridgehead atoms. The molecule has 3 aliphatic rings. The molecule has 3 atom stereocenters. The van der Waals surface area contributed by atoms with Crippen molar-refractivity contribution in [3.63, 3.8) is 0 Å². The summed E-state index contributed by atoms with van der Waals surface area (Å²) in [5.41, 5.74) is 34.3. The molecule has 3 aromatic heterocycles. The SMILES string of the molecule is COc1nc(Cc2ccc(N3C[C@H](C[NH-])OC3=O)cc2F)nc(OC)n1.COc1nc(N)nc(Nc2ccc(N3C[C@H](C[NH-])OC3=O)cc2F)n1.[Ac].[Ac].[Ac].[NH-]C[C@H]1CN(c2ccc(Nc3nc(N)nc(Cl)n3)c(F)c2)C(=O)O1. The van der Waals surface area contributed by atoms with Gasteiger partial charge in [-0.1, -0.05) is 6.07 Å². The van der Waals surface area contributed by atoms with Crippen molar-refractivity contribution in [2.24, 2.45) is 0 Å². The third-order valence-electron chi connectivity index (χ3n) is 10.5. The Morgan fingerprint density at radius 1 is 0.564 bits per heavy atom. The normalized spacial score (nSPS) is 16.1. The van der Waals surface area contributed by atoms with Crippen LogP contribution in [0.3, 0.4) is 0 Å². The van der Waals surface area contributed by atoms with Gasteiger partial charge in [0, 0.05) is 139 Å². The molecule has 3 saturated heterocycles. The van der Waals surface area contributed by atoms with Crippen LogP contribution in [0.2, 0.25) is 5.28 Å². The summed E-state index contributed by atoms with van der Waals surface area (Å²) in [4.78, 5) is 73.9. The van der Waals surface area contributed by atoms with Gasteiger partial charge in [0.1, 0.15) is 41.6 Å². The number of nitrogens with zero attached hydrogens (tertiary/aromatic N) is 12. The van der Waals surface area contributed by atoms with Gasteiger partial charge in [0.15, 0.2) is 0 Å². The maximum absolute atomic E-state index is 14.5. The fraction of sp³-hybridized carbons (Fsp3) is 0.302. The zero-order valence-electron chi connectivity index (χ0n) is 41.3. The van der Waals surface area contributed by atoms with Gasteiger partial charge in [-0.25, -0.2) is 27.6 Å². The van der Waals surface area contributed by atoms with Crippen molar-refractivity contribution in [1.29, 1.82) is 0 Å². The van der Waals surface area contributed by atoms with Crippen LogP contribution in [0.1, 0.15) is 11.4 Å². The van der Waals surface area contributed by atoms with Crippen LogP contribution in [0, 0.1) is 150 Å². The van der Waals surface area contributed by atoms with E-state index < -0.39 is 54.0 Å². The molecular weight excluding hydrogens is 1700 g/mol. The van der Waals surface area contributed by atoms with E-state index in [1.54, 1.807) is 18.2 Å². The number of hydrogen-bond donors (Lipinski definition) is 4. The monoisotopic (exact) mass is 1740 g/mol. The minimum atomic E-state index is -0.635. The zero-order valence-corrected chi connectivity index (χ0v) is 56.3. The molecule has 3 aromatic carbocycles. The number of methoxy groups -OCH3 is 3. The van der Waals surface area contributed by atoms with Crippen molar-refractivity contribution in [3.05, 3.63) is 106 Å². The number of aromatic nitrogens is 9. The number of rotatable bonds is 15. The second kappa shape index (κ2) is 30.8. The molecule has 3 amide bonds. The van der Waals surface area contributed by atoms with Crippen molar-refractivity contribution in [1.82, 2.24) is 44.9 Å². The molecule has 35 heteroatoms. The number of benzene rings is 3. The topological polar surface area (TPSA) is 380 Å². The Hall–Kier alpha value is -4.62. The first kappa shape index (κ1) is 65.9. The van der Waals surface area contributed by atoms with Crippen molar-refractivity contribution < 1.29 is 188 Å². The van der Waals surface area contributed by atoms with E-state index in [4.69, 9.17) is 68.7 Å². The summed E-state index contributed by atoms with van der Waals surface area (Å²) in [6.07, 6.45) is -3.24. The van der Waals surface area contributed by atoms with Crippen LogP contribution in [0.4, 0.5) is 79.8 Å². The van der Waals surface area contributed by atoms with Gasteiger partial charge in [0.25, 0.3) is 0 Å². The number of ether oxygens (including phenoxy) is 6. The van der Waals surface area contributed by atoms with Gasteiger partial charge in [-0.15, -0.1) is 24.6 Å². The first-order chi connectivity index (χ1) is 36.0.